The third-order valence-electron chi connectivity index (χ3n) is 1.54. The van der Waals surface area contributed by atoms with Crippen molar-refractivity contribution in [3.8, 4) is 0 Å². The third-order valence-corrected chi connectivity index (χ3v) is 1.54. The van der Waals surface area contributed by atoms with Gasteiger partial charge in [0.15, 0.2) is 0 Å². The summed E-state index contributed by atoms with van der Waals surface area (Å²) in [6, 6.07) is 0. The minimum absolute atomic E-state index is 0.0796. The number of rotatable bonds is 1. The van der Waals surface area contributed by atoms with Crippen molar-refractivity contribution < 1.29 is 5.11 Å². The lowest BCUT2D eigenvalue weighted by Gasteiger charge is -1.88. The maximum absolute atomic E-state index is 11.0. The van der Waals surface area contributed by atoms with Crippen LogP contribution in [0.2, 0.25) is 0 Å². The van der Waals surface area contributed by atoms with Crippen LogP contribution in [0.3, 0.4) is 0 Å². The fraction of sp³-hybridized carbons (Fsp3) is 0.500. The second kappa shape index (κ2) is 2.30. The van der Waals surface area contributed by atoms with Gasteiger partial charge < -0.3 is 5.11 Å². The highest BCUT2D eigenvalue weighted by atomic mass is 16.3. The molecule has 1 rings (SSSR count). The Morgan fingerprint density at radius 3 is 2.50 bits per heavy atom. The predicted octanol–water partition coefficient (Wildman–Crippen LogP) is -0.486. The van der Waals surface area contributed by atoms with E-state index < -0.39 is 0 Å². The Bertz CT molecular complexity index is 284. The quantitative estimate of drug-likeness (QED) is 0.556. The summed E-state index contributed by atoms with van der Waals surface area (Å²) in [6.45, 7) is 1.58. The molecular weight excluding hydrogens is 132 g/mol. The van der Waals surface area contributed by atoms with Gasteiger partial charge in [-0.05, 0) is 6.92 Å². The van der Waals surface area contributed by atoms with Crippen molar-refractivity contribution in [3.05, 3.63) is 21.6 Å². The highest BCUT2D eigenvalue weighted by molar-refractivity contribution is 5.13. The van der Waals surface area contributed by atoms with Crippen LogP contribution in [0.15, 0.2) is 4.79 Å². The number of aliphatic hydroxyl groups excluding tert-OH is 1. The molecule has 0 atom stereocenters. The Labute approximate surface area is 58.1 Å². The molecule has 10 heavy (non-hydrogen) atoms. The maximum Gasteiger partial charge on any atom is 0.269 e. The van der Waals surface area contributed by atoms with Crippen molar-refractivity contribution in [2.24, 2.45) is 7.05 Å². The summed E-state index contributed by atoms with van der Waals surface area (Å²) in [7, 11) is 1.62. The Kier molecular flexibility index (Phi) is 1.63. The van der Waals surface area contributed by atoms with E-state index in [1.165, 1.54) is 4.68 Å². The average Bonchev–Trinajstić information content (AvgIpc) is 2.17. The van der Waals surface area contributed by atoms with E-state index in [1.807, 2.05) is 0 Å². The van der Waals surface area contributed by atoms with Crippen LogP contribution in [0.1, 0.15) is 11.3 Å². The molecule has 0 aliphatic heterocycles. The second-order valence-electron chi connectivity index (χ2n) is 2.24. The largest absolute Gasteiger partial charge is 0.390 e. The number of H-pyrrole nitrogens is 1. The first kappa shape index (κ1) is 7.08. The van der Waals surface area contributed by atoms with Gasteiger partial charge in [0.1, 0.15) is 0 Å². The average molecular weight is 142 g/mol. The smallest absolute Gasteiger partial charge is 0.269 e. The van der Waals surface area contributed by atoms with Gasteiger partial charge in [-0.15, -0.1) is 0 Å². The van der Waals surface area contributed by atoms with E-state index in [-0.39, 0.29) is 12.2 Å². The van der Waals surface area contributed by atoms with E-state index >= 15 is 0 Å². The van der Waals surface area contributed by atoms with Crippen LogP contribution < -0.4 is 5.56 Å². The first-order chi connectivity index (χ1) is 4.66. The molecule has 0 saturated heterocycles. The van der Waals surface area contributed by atoms with E-state index in [1.54, 1.807) is 14.0 Å². The number of aliphatic hydroxyl groups is 1. The lowest BCUT2D eigenvalue weighted by atomic mass is 10.3. The topological polar surface area (TPSA) is 58.0 Å². The Morgan fingerprint density at radius 1 is 1.70 bits per heavy atom. The summed E-state index contributed by atoms with van der Waals surface area (Å²) in [5.74, 6) is 0. The molecule has 0 aliphatic carbocycles. The predicted molar refractivity (Wildman–Crippen MR) is 36.7 cm³/mol. The minimum Gasteiger partial charge on any atom is -0.390 e. The fourth-order valence-corrected chi connectivity index (χ4v) is 0.872. The van der Waals surface area contributed by atoms with E-state index in [9.17, 15) is 4.79 Å². The molecule has 56 valence electrons. The van der Waals surface area contributed by atoms with Gasteiger partial charge in [0, 0.05) is 12.6 Å². The molecule has 0 aliphatic rings. The third kappa shape index (κ3) is 0.863. The van der Waals surface area contributed by atoms with Gasteiger partial charge in [0.05, 0.1) is 12.3 Å². The number of nitrogens with zero attached hydrogens (tertiary/aromatic N) is 1. The number of aromatic amines is 1. The van der Waals surface area contributed by atoms with Crippen molar-refractivity contribution in [1.29, 1.82) is 0 Å². The highest BCUT2D eigenvalue weighted by Crippen LogP contribution is 1.96. The standard InChI is InChI=1S/C6H10N2O2/c1-4-5(3-9)7-8(2)6(4)10/h7,9H,3H2,1-2H3. The molecule has 1 aromatic rings. The van der Waals surface area contributed by atoms with E-state index in [0.717, 1.165) is 0 Å². The molecule has 0 fully saturated rings. The van der Waals surface area contributed by atoms with Crippen molar-refractivity contribution in [2.75, 3.05) is 0 Å². The number of aryl methyl sites for hydroxylation is 1. The van der Waals surface area contributed by atoms with Crippen molar-refractivity contribution >= 4 is 0 Å². The highest BCUT2D eigenvalue weighted by Gasteiger charge is 2.04. The van der Waals surface area contributed by atoms with Crippen LogP contribution in [-0.2, 0) is 13.7 Å². The van der Waals surface area contributed by atoms with Crippen LogP contribution >= 0.6 is 0 Å². The zero-order valence-corrected chi connectivity index (χ0v) is 6.01. The molecular formula is C6H10N2O2. The molecule has 0 bridgehead atoms. The molecule has 1 heterocycles. The molecule has 2 N–H and O–H groups in total. The van der Waals surface area contributed by atoms with Gasteiger partial charge >= 0.3 is 0 Å². The molecule has 0 unspecified atom stereocenters. The van der Waals surface area contributed by atoms with Crippen LogP contribution in [0.25, 0.3) is 0 Å². The molecule has 4 heteroatoms. The van der Waals surface area contributed by atoms with Crippen LogP contribution in [-0.4, -0.2) is 14.9 Å². The summed E-state index contributed by atoms with van der Waals surface area (Å²) in [6.07, 6.45) is 0. The van der Waals surface area contributed by atoms with Crippen molar-refractivity contribution in [1.82, 2.24) is 9.78 Å². The molecule has 4 nitrogen and oxygen atoms in total. The first-order valence-electron chi connectivity index (χ1n) is 3.02. The van der Waals surface area contributed by atoms with E-state index in [0.29, 0.717) is 11.3 Å². The van der Waals surface area contributed by atoms with Gasteiger partial charge in [-0.2, -0.15) is 0 Å². The van der Waals surface area contributed by atoms with Crippen LogP contribution in [0, 0.1) is 6.92 Å². The number of nitrogens with one attached hydrogen (secondary N) is 1. The molecule has 0 aromatic carbocycles. The lowest BCUT2D eigenvalue weighted by molar-refractivity contribution is 0.275. The number of hydrogen-bond donors (Lipinski definition) is 2. The summed E-state index contributed by atoms with van der Waals surface area (Å²) in [5, 5.41) is 11.4. The number of hydrogen-bond acceptors (Lipinski definition) is 2. The zero-order valence-electron chi connectivity index (χ0n) is 6.01. The summed E-state index contributed by atoms with van der Waals surface area (Å²) in [5.41, 5.74) is 1.10. The Balaban J connectivity index is 3.31. The lowest BCUT2D eigenvalue weighted by Crippen LogP contribution is -2.12. The van der Waals surface area contributed by atoms with Gasteiger partial charge in [0.25, 0.3) is 5.56 Å². The van der Waals surface area contributed by atoms with Gasteiger partial charge in [-0.25, -0.2) is 0 Å². The Hall–Kier alpha value is -1.03. The summed E-state index contributed by atoms with van der Waals surface area (Å²) >= 11 is 0. The normalized spacial score (nSPS) is 10.3. The molecule has 0 spiro atoms. The van der Waals surface area contributed by atoms with E-state index in [4.69, 9.17) is 5.11 Å². The first-order valence-corrected chi connectivity index (χ1v) is 3.02. The molecule has 0 saturated carbocycles. The van der Waals surface area contributed by atoms with Crippen molar-refractivity contribution in [3.63, 3.8) is 0 Å². The Morgan fingerprint density at radius 2 is 2.30 bits per heavy atom. The summed E-state index contributed by atoms with van der Waals surface area (Å²) in [4.78, 5) is 11.0. The number of aromatic nitrogens is 2. The van der Waals surface area contributed by atoms with Gasteiger partial charge in [0.2, 0.25) is 0 Å². The second-order valence-corrected chi connectivity index (χ2v) is 2.24. The molecule has 1 aromatic heterocycles. The molecule has 0 radical (unpaired) electrons. The van der Waals surface area contributed by atoms with Crippen LogP contribution in [0.5, 0.6) is 0 Å². The monoisotopic (exact) mass is 142 g/mol. The van der Waals surface area contributed by atoms with Crippen molar-refractivity contribution in [2.45, 2.75) is 13.5 Å². The summed E-state index contributed by atoms with van der Waals surface area (Å²) < 4.78 is 1.35. The van der Waals surface area contributed by atoms with E-state index in [2.05, 4.69) is 5.10 Å². The maximum atomic E-state index is 11.0. The zero-order chi connectivity index (χ0) is 7.72. The van der Waals surface area contributed by atoms with Crippen LogP contribution in [0.4, 0.5) is 0 Å². The SMILES string of the molecule is Cc1c(CO)[nH]n(C)c1=O. The fourth-order valence-electron chi connectivity index (χ4n) is 0.872. The minimum atomic E-state index is -0.109. The van der Waals surface area contributed by atoms with Gasteiger partial charge in [-0.3, -0.25) is 14.6 Å². The van der Waals surface area contributed by atoms with Gasteiger partial charge in [-0.1, -0.05) is 0 Å². The molecule has 0 amide bonds.